The molecular weight excluding hydrogens is 315 g/mol. The lowest BCUT2D eigenvalue weighted by molar-refractivity contribution is -0.137. The van der Waals surface area contributed by atoms with Crippen LogP contribution in [-0.2, 0) is 15.7 Å². The van der Waals surface area contributed by atoms with Gasteiger partial charge in [0.1, 0.15) is 5.69 Å². The number of benzene rings is 1. The minimum Gasteiger partial charge on any atom is -0.465 e. The van der Waals surface area contributed by atoms with Crippen LogP contribution in [0, 0.1) is 0 Å². The Morgan fingerprint density at radius 1 is 1.17 bits per heavy atom. The first-order valence-corrected chi connectivity index (χ1v) is 6.55. The van der Waals surface area contributed by atoms with Crippen molar-refractivity contribution in [1.82, 2.24) is 4.98 Å². The summed E-state index contributed by atoms with van der Waals surface area (Å²) in [4.78, 5) is 27.5. The van der Waals surface area contributed by atoms with Gasteiger partial charge in [0.05, 0.1) is 30.4 Å². The molecule has 1 aromatic carbocycles. The fourth-order valence-corrected chi connectivity index (χ4v) is 1.99. The van der Waals surface area contributed by atoms with E-state index < -0.39 is 23.7 Å². The number of ether oxygens (including phenoxy) is 2. The molecule has 1 heterocycles. The molecule has 2 rings (SSSR count). The fourth-order valence-electron chi connectivity index (χ4n) is 1.99. The lowest BCUT2D eigenvalue weighted by atomic mass is 10.0. The van der Waals surface area contributed by atoms with E-state index in [4.69, 9.17) is 4.74 Å². The molecule has 0 aliphatic heterocycles. The van der Waals surface area contributed by atoms with Gasteiger partial charge >= 0.3 is 18.1 Å². The summed E-state index contributed by atoms with van der Waals surface area (Å²) in [6, 6.07) is 3.77. The third-order valence-electron chi connectivity index (χ3n) is 3.03. The third kappa shape index (κ3) is 3.41. The number of methoxy groups -OCH3 is 1. The zero-order chi connectivity index (χ0) is 17.2. The number of halogens is 3. The maximum atomic E-state index is 12.8. The molecule has 0 fully saturated rings. The molecule has 0 atom stereocenters. The van der Waals surface area contributed by atoms with E-state index >= 15 is 0 Å². The van der Waals surface area contributed by atoms with Gasteiger partial charge in [-0.25, -0.2) is 14.6 Å². The summed E-state index contributed by atoms with van der Waals surface area (Å²) in [5, 5.41) is -0.0558. The van der Waals surface area contributed by atoms with Crippen LogP contribution in [0.4, 0.5) is 13.2 Å². The van der Waals surface area contributed by atoms with E-state index in [0.29, 0.717) is 0 Å². The highest BCUT2D eigenvalue weighted by Gasteiger charge is 2.31. The van der Waals surface area contributed by atoms with Gasteiger partial charge in [-0.1, -0.05) is 0 Å². The quantitative estimate of drug-likeness (QED) is 0.810. The van der Waals surface area contributed by atoms with Gasteiger partial charge in [0.2, 0.25) is 0 Å². The van der Waals surface area contributed by atoms with E-state index in [2.05, 4.69) is 9.72 Å². The number of rotatable bonds is 3. The van der Waals surface area contributed by atoms with Gasteiger partial charge in [-0.3, -0.25) is 0 Å². The summed E-state index contributed by atoms with van der Waals surface area (Å²) in [5.41, 5.74) is -1.24. The van der Waals surface area contributed by atoms with E-state index in [1.54, 1.807) is 6.92 Å². The molecule has 122 valence electrons. The van der Waals surface area contributed by atoms with Gasteiger partial charge < -0.3 is 9.47 Å². The second-order valence-electron chi connectivity index (χ2n) is 4.50. The molecular formula is C15H12F3NO4. The molecule has 0 bridgehead atoms. The monoisotopic (exact) mass is 327 g/mol. The zero-order valence-electron chi connectivity index (χ0n) is 12.2. The maximum absolute atomic E-state index is 12.8. The van der Waals surface area contributed by atoms with Crippen LogP contribution in [0.3, 0.4) is 0 Å². The number of carbonyl (C=O) groups is 2. The molecule has 1 aromatic heterocycles. The first-order valence-electron chi connectivity index (χ1n) is 6.55. The zero-order valence-corrected chi connectivity index (χ0v) is 12.2. The van der Waals surface area contributed by atoms with Crippen LogP contribution in [0.1, 0.15) is 33.3 Å². The average Bonchev–Trinajstić information content (AvgIpc) is 2.51. The molecule has 0 N–H and O–H groups in total. The molecule has 5 nitrogen and oxygen atoms in total. The van der Waals surface area contributed by atoms with Gasteiger partial charge in [0, 0.05) is 5.39 Å². The van der Waals surface area contributed by atoms with Crippen molar-refractivity contribution in [3.8, 4) is 0 Å². The highest BCUT2D eigenvalue weighted by Crippen LogP contribution is 2.32. The number of hydrogen-bond donors (Lipinski definition) is 0. The largest absolute Gasteiger partial charge is 0.465 e. The van der Waals surface area contributed by atoms with Crippen molar-refractivity contribution in [2.45, 2.75) is 13.1 Å². The Morgan fingerprint density at radius 2 is 1.87 bits per heavy atom. The second-order valence-corrected chi connectivity index (χ2v) is 4.50. The predicted molar refractivity (Wildman–Crippen MR) is 74.0 cm³/mol. The number of aromatic nitrogens is 1. The SMILES string of the molecule is CCOC(=O)c1cc(C(=O)OC)c2cc(C(F)(F)F)ccc2n1. The normalized spacial score (nSPS) is 11.3. The molecule has 0 radical (unpaired) electrons. The van der Waals surface area contributed by atoms with Gasteiger partial charge in [0.25, 0.3) is 0 Å². The Kier molecular flexibility index (Phi) is 4.53. The van der Waals surface area contributed by atoms with E-state index in [1.807, 2.05) is 0 Å². The summed E-state index contributed by atoms with van der Waals surface area (Å²) in [5.74, 6) is -1.65. The molecule has 0 unspecified atom stereocenters. The van der Waals surface area contributed by atoms with Crippen LogP contribution in [0.25, 0.3) is 10.9 Å². The Labute approximate surface area is 129 Å². The van der Waals surface area contributed by atoms with Crippen molar-refractivity contribution in [2.24, 2.45) is 0 Å². The molecule has 8 heteroatoms. The molecule has 0 saturated heterocycles. The van der Waals surface area contributed by atoms with Crippen molar-refractivity contribution in [3.63, 3.8) is 0 Å². The van der Waals surface area contributed by atoms with E-state index in [-0.39, 0.29) is 28.8 Å². The number of pyridine rings is 1. The minimum absolute atomic E-state index is 0.0558. The number of hydrogen-bond acceptors (Lipinski definition) is 5. The van der Waals surface area contributed by atoms with Crippen molar-refractivity contribution < 1.29 is 32.2 Å². The minimum atomic E-state index is -4.57. The van der Waals surface area contributed by atoms with Gasteiger partial charge in [-0.05, 0) is 31.2 Å². The Bertz CT molecular complexity index is 771. The Hall–Kier alpha value is -2.64. The van der Waals surface area contributed by atoms with E-state index in [1.165, 1.54) is 0 Å². The first-order chi connectivity index (χ1) is 10.8. The number of nitrogens with zero attached hydrogens (tertiary/aromatic N) is 1. The molecule has 0 saturated carbocycles. The molecule has 0 spiro atoms. The lowest BCUT2D eigenvalue weighted by Crippen LogP contribution is -2.12. The number of fused-ring (bicyclic) bond motifs is 1. The second kappa shape index (κ2) is 6.23. The predicted octanol–water partition coefficient (Wildman–Crippen LogP) is 3.22. The van der Waals surface area contributed by atoms with Crippen molar-refractivity contribution in [1.29, 1.82) is 0 Å². The van der Waals surface area contributed by atoms with Gasteiger partial charge in [0.15, 0.2) is 0 Å². The summed E-state index contributed by atoms with van der Waals surface area (Å²) >= 11 is 0. The molecule has 0 aliphatic rings. The topological polar surface area (TPSA) is 65.5 Å². The third-order valence-corrected chi connectivity index (χ3v) is 3.03. The van der Waals surface area contributed by atoms with E-state index in [0.717, 1.165) is 31.4 Å². The van der Waals surface area contributed by atoms with Crippen LogP contribution in [-0.4, -0.2) is 30.6 Å². The van der Waals surface area contributed by atoms with Crippen LogP contribution in [0.5, 0.6) is 0 Å². The van der Waals surface area contributed by atoms with Crippen LogP contribution >= 0.6 is 0 Å². The summed E-state index contributed by atoms with van der Waals surface area (Å²) in [6.07, 6.45) is -4.57. The van der Waals surface area contributed by atoms with Crippen molar-refractivity contribution in [3.05, 3.63) is 41.1 Å². The summed E-state index contributed by atoms with van der Waals surface area (Å²) < 4.78 is 47.8. The summed E-state index contributed by atoms with van der Waals surface area (Å²) in [7, 11) is 1.09. The number of esters is 2. The Morgan fingerprint density at radius 3 is 2.43 bits per heavy atom. The molecule has 2 aromatic rings. The number of carbonyl (C=O) groups excluding carboxylic acids is 2. The van der Waals surface area contributed by atoms with Crippen molar-refractivity contribution >= 4 is 22.8 Å². The highest BCUT2D eigenvalue weighted by molar-refractivity contribution is 6.06. The smallest absolute Gasteiger partial charge is 0.416 e. The first kappa shape index (κ1) is 16.7. The number of alkyl halides is 3. The van der Waals surface area contributed by atoms with E-state index in [9.17, 15) is 22.8 Å². The average molecular weight is 327 g/mol. The molecule has 23 heavy (non-hydrogen) atoms. The molecule has 0 amide bonds. The van der Waals surface area contributed by atoms with Gasteiger partial charge in [-0.15, -0.1) is 0 Å². The Balaban J connectivity index is 2.71. The van der Waals surface area contributed by atoms with Crippen molar-refractivity contribution in [2.75, 3.05) is 13.7 Å². The van der Waals surface area contributed by atoms with Crippen LogP contribution in [0.2, 0.25) is 0 Å². The highest BCUT2D eigenvalue weighted by atomic mass is 19.4. The maximum Gasteiger partial charge on any atom is 0.416 e. The van der Waals surface area contributed by atoms with Crippen LogP contribution < -0.4 is 0 Å². The fraction of sp³-hybridized carbons (Fsp3) is 0.267. The lowest BCUT2D eigenvalue weighted by Gasteiger charge is -2.11. The van der Waals surface area contributed by atoms with Crippen LogP contribution in [0.15, 0.2) is 24.3 Å². The van der Waals surface area contributed by atoms with Gasteiger partial charge in [-0.2, -0.15) is 13.2 Å². The standard InChI is InChI=1S/C15H12F3NO4/c1-3-23-14(21)12-7-10(13(20)22-2)9-6-8(15(16,17)18)4-5-11(9)19-12/h4-7H,3H2,1-2H3. The summed E-state index contributed by atoms with van der Waals surface area (Å²) in [6.45, 7) is 1.69. The molecule has 0 aliphatic carbocycles.